The normalized spacial score (nSPS) is 21.0. The molecule has 3 atom stereocenters. The second-order valence-corrected chi connectivity index (χ2v) is 14.2. The van der Waals surface area contributed by atoms with Crippen molar-refractivity contribution in [2.24, 2.45) is 0 Å². The van der Waals surface area contributed by atoms with Crippen LogP contribution in [0.15, 0.2) is 71.7 Å². The molecule has 0 aliphatic carbocycles. The van der Waals surface area contributed by atoms with Crippen molar-refractivity contribution in [3.8, 4) is 0 Å². The highest BCUT2D eigenvalue weighted by molar-refractivity contribution is 6.99. The molecule has 0 spiro atoms. The quantitative estimate of drug-likeness (QED) is 0.527. The van der Waals surface area contributed by atoms with Crippen LogP contribution in [0.2, 0.25) is 5.04 Å². The molecule has 7 nitrogen and oxygen atoms in total. The number of hydrogen-bond donors (Lipinski definition) is 2. The standard InChI is InChI=1S/C26H33N3O4Si/c1-18-16-29(25(31)28-24(18)27)23-15-21(30)22(33-23)17-32-34(26(2,3)4,19-11-7-5-8-12-19)20-13-9-6-10-14-20/h5-14,16,21-23,30H,15,17H2,1-4H3,(H2,27,28,31)/t21-,22+,23+/m0/s1. The highest BCUT2D eigenvalue weighted by atomic mass is 28.4. The lowest BCUT2D eigenvalue weighted by Crippen LogP contribution is -2.67. The molecule has 1 aromatic heterocycles. The van der Waals surface area contributed by atoms with E-state index < -0.39 is 32.4 Å². The van der Waals surface area contributed by atoms with Gasteiger partial charge in [-0.15, -0.1) is 0 Å². The minimum atomic E-state index is -2.76. The molecule has 8 heteroatoms. The maximum atomic E-state index is 12.4. The first-order valence-corrected chi connectivity index (χ1v) is 13.5. The van der Waals surface area contributed by atoms with Gasteiger partial charge in [0.1, 0.15) is 18.1 Å². The summed E-state index contributed by atoms with van der Waals surface area (Å²) in [6, 6.07) is 20.7. The van der Waals surface area contributed by atoms with Crippen molar-refractivity contribution in [2.45, 2.75) is 57.6 Å². The van der Waals surface area contributed by atoms with E-state index in [1.54, 1.807) is 13.1 Å². The molecule has 34 heavy (non-hydrogen) atoms. The van der Waals surface area contributed by atoms with E-state index in [1.165, 1.54) is 4.57 Å². The van der Waals surface area contributed by atoms with E-state index in [2.05, 4.69) is 50.0 Å². The summed E-state index contributed by atoms with van der Waals surface area (Å²) in [7, 11) is -2.76. The molecule has 1 fully saturated rings. The summed E-state index contributed by atoms with van der Waals surface area (Å²) in [5.41, 5.74) is 5.95. The zero-order chi connectivity index (χ0) is 24.5. The van der Waals surface area contributed by atoms with Crippen molar-refractivity contribution in [2.75, 3.05) is 12.3 Å². The molecule has 3 N–H and O–H groups in total. The average Bonchev–Trinajstić information content (AvgIpc) is 3.17. The molecule has 0 bridgehead atoms. The van der Waals surface area contributed by atoms with E-state index in [0.29, 0.717) is 5.56 Å². The molecule has 0 amide bonds. The summed E-state index contributed by atoms with van der Waals surface area (Å²) < 4.78 is 14.5. The lowest BCUT2D eigenvalue weighted by molar-refractivity contribution is -0.0426. The number of nitrogens with zero attached hydrogens (tertiary/aromatic N) is 2. The minimum Gasteiger partial charge on any atom is -0.405 e. The van der Waals surface area contributed by atoms with Crippen molar-refractivity contribution in [1.82, 2.24) is 9.55 Å². The zero-order valence-corrected chi connectivity index (χ0v) is 21.1. The SMILES string of the molecule is Cc1cn([C@H]2C[C@H](O)[C@@H](CO[Si](c3ccccc3)(c3ccccc3)C(C)(C)C)O2)c(=O)nc1N. The molecule has 1 aliphatic rings. The van der Waals surface area contributed by atoms with Gasteiger partial charge >= 0.3 is 5.69 Å². The van der Waals surface area contributed by atoms with Gasteiger partial charge < -0.3 is 20.0 Å². The number of aryl methyl sites for hydroxylation is 1. The number of ether oxygens (including phenoxy) is 1. The van der Waals surface area contributed by atoms with E-state index in [0.717, 1.165) is 10.4 Å². The van der Waals surface area contributed by atoms with E-state index in [1.807, 2.05) is 36.4 Å². The van der Waals surface area contributed by atoms with Gasteiger partial charge in [0.25, 0.3) is 8.32 Å². The van der Waals surface area contributed by atoms with E-state index in [-0.39, 0.29) is 23.9 Å². The summed E-state index contributed by atoms with van der Waals surface area (Å²) >= 11 is 0. The summed E-state index contributed by atoms with van der Waals surface area (Å²) in [5.74, 6) is 0.200. The van der Waals surface area contributed by atoms with Crippen LogP contribution in [0.3, 0.4) is 0 Å². The van der Waals surface area contributed by atoms with Gasteiger partial charge in [0.15, 0.2) is 0 Å². The Kier molecular flexibility index (Phi) is 6.77. The summed E-state index contributed by atoms with van der Waals surface area (Å²) in [4.78, 5) is 16.3. The fraction of sp³-hybridized carbons (Fsp3) is 0.385. The van der Waals surface area contributed by atoms with E-state index >= 15 is 0 Å². The largest absolute Gasteiger partial charge is 0.405 e. The van der Waals surface area contributed by atoms with Crippen LogP contribution in [-0.2, 0) is 9.16 Å². The predicted octanol–water partition coefficient (Wildman–Crippen LogP) is 2.36. The number of aromatic nitrogens is 2. The molecule has 0 saturated carbocycles. The smallest absolute Gasteiger partial charge is 0.351 e. The third-order valence-corrected chi connectivity index (χ3v) is 11.6. The van der Waals surface area contributed by atoms with Gasteiger partial charge in [-0.25, -0.2) is 4.79 Å². The number of nitrogen functional groups attached to an aromatic ring is 1. The van der Waals surface area contributed by atoms with Crippen molar-refractivity contribution < 1.29 is 14.3 Å². The van der Waals surface area contributed by atoms with Gasteiger partial charge in [-0.3, -0.25) is 4.57 Å². The number of rotatable bonds is 6. The Morgan fingerprint density at radius 2 is 1.68 bits per heavy atom. The van der Waals surface area contributed by atoms with Crippen LogP contribution < -0.4 is 21.8 Å². The van der Waals surface area contributed by atoms with Gasteiger partial charge in [-0.2, -0.15) is 4.98 Å². The van der Waals surface area contributed by atoms with Crippen LogP contribution in [0, 0.1) is 6.92 Å². The van der Waals surface area contributed by atoms with E-state index in [4.69, 9.17) is 14.9 Å². The molecular formula is C26H33N3O4Si. The number of hydrogen-bond acceptors (Lipinski definition) is 6. The molecule has 3 aromatic rings. The molecule has 1 saturated heterocycles. The molecular weight excluding hydrogens is 446 g/mol. The van der Waals surface area contributed by atoms with Crippen LogP contribution in [0.25, 0.3) is 0 Å². The topological polar surface area (TPSA) is 99.6 Å². The van der Waals surface area contributed by atoms with Crippen LogP contribution in [0.1, 0.15) is 39.0 Å². The van der Waals surface area contributed by atoms with E-state index in [9.17, 15) is 9.90 Å². The first-order valence-electron chi connectivity index (χ1n) is 11.6. The molecule has 0 radical (unpaired) electrons. The van der Waals surface area contributed by atoms with Gasteiger partial charge in [-0.1, -0.05) is 81.4 Å². The third-order valence-electron chi connectivity index (χ3n) is 6.57. The third kappa shape index (κ3) is 4.46. The lowest BCUT2D eigenvalue weighted by atomic mass is 10.2. The van der Waals surface area contributed by atoms with Gasteiger partial charge in [0.2, 0.25) is 0 Å². The minimum absolute atomic E-state index is 0.187. The van der Waals surface area contributed by atoms with Crippen LogP contribution >= 0.6 is 0 Å². The maximum absolute atomic E-state index is 12.4. The van der Waals surface area contributed by atoms with Crippen molar-refractivity contribution in [1.29, 1.82) is 0 Å². The Bertz CT molecular complexity index is 1140. The zero-order valence-electron chi connectivity index (χ0n) is 20.1. The maximum Gasteiger partial charge on any atom is 0.351 e. The lowest BCUT2D eigenvalue weighted by Gasteiger charge is -2.43. The van der Waals surface area contributed by atoms with Gasteiger partial charge in [-0.05, 0) is 22.3 Å². The number of benzene rings is 2. The molecule has 4 rings (SSSR count). The first-order chi connectivity index (χ1) is 16.1. The fourth-order valence-electron chi connectivity index (χ4n) is 4.79. The Morgan fingerprint density at radius 3 is 2.21 bits per heavy atom. The second-order valence-electron chi connectivity index (χ2n) is 9.91. The Balaban J connectivity index is 1.65. The Labute approximate surface area is 201 Å². The monoisotopic (exact) mass is 479 g/mol. The Morgan fingerprint density at radius 1 is 1.12 bits per heavy atom. The van der Waals surface area contributed by atoms with Crippen molar-refractivity contribution in [3.05, 3.63) is 82.9 Å². The summed E-state index contributed by atoms with van der Waals surface area (Å²) in [6.07, 6.45) is -0.0564. The number of anilines is 1. The molecule has 0 unspecified atom stereocenters. The number of nitrogens with two attached hydrogens (primary N) is 1. The molecule has 180 valence electrons. The highest BCUT2D eigenvalue weighted by Gasteiger charge is 2.51. The van der Waals surface area contributed by atoms with Crippen LogP contribution in [0.5, 0.6) is 0 Å². The highest BCUT2D eigenvalue weighted by Crippen LogP contribution is 2.38. The van der Waals surface area contributed by atoms with Gasteiger partial charge in [0.05, 0.1) is 12.7 Å². The second kappa shape index (κ2) is 9.46. The van der Waals surface area contributed by atoms with Gasteiger partial charge in [0, 0.05) is 18.2 Å². The summed E-state index contributed by atoms with van der Waals surface area (Å²) in [5, 5.41) is 13.0. The van der Waals surface area contributed by atoms with Crippen LogP contribution in [0.4, 0.5) is 5.82 Å². The Hall–Kier alpha value is -2.78. The summed E-state index contributed by atoms with van der Waals surface area (Å²) in [6.45, 7) is 8.61. The number of aliphatic hydroxyl groups excluding tert-OH is 1. The first kappa shape index (κ1) is 24.3. The molecule has 2 heterocycles. The predicted molar refractivity (Wildman–Crippen MR) is 136 cm³/mol. The van der Waals surface area contributed by atoms with Crippen molar-refractivity contribution in [3.63, 3.8) is 0 Å². The molecule has 2 aromatic carbocycles. The van der Waals surface area contributed by atoms with Crippen LogP contribution in [-0.4, -0.2) is 41.8 Å². The molecule has 1 aliphatic heterocycles. The average molecular weight is 480 g/mol. The number of aliphatic hydroxyl groups is 1. The fourth-order valence-corrected chi connectivity index (χ4v) is 9.36. The van der Waals surface area contributed by atoms with Crippen molar-refractivity contribution >= 4 is 24.5 Å².